The quantitative estimate of drug-likeness (QED) is 0.378. The molecule has 0 saturated heterocycles. The minimum absolute atomic E-state index is 0.103. The number of unbranched alkanes of at least 4 members (excludes halogenated alkanes) is 1. The molecule has 0 fully saturated rings. The Labute approximate surface area is 186 Å². The maximum atomic E-state index is 13.3. The number of fused-ring (bicyclic) bond motifs is 1. The van der Waals surface area contributed by atoms with E-state index in [-0.39, 0.29) is 12.4 Å². The largest absolute Gasteiger partial charge is 0.419 e. The zero-order valence-electron chi connectivity index (χ0n) is 17.4. The lowest BCUT2D eigenvalue weighted by Gasteiger charge is -2.10. The van der Waals surface area contributed by atoms with E-state index in [0.29, 0.717) is 30.1 Å². The Kier molecular flexibility index (Phi) is 6.17. The highest BCUT2D eigenvalue weighted by atomic mass is 79.9. The van der Waals surface area contributed by atoms with Gasteiger partial charge in [0, 0.05) is 17.6 Å². The third-order valence-electron chi connectivity index (χ3n) is 5.05. The second kappa shape index (κ2) is 9.01. The predicted molar refractivity (Wildman–Crippen MR) is 120 cm³/mol. The Bertz CT molecular complexity index is 1330. The summed E-state index contributed by atoms with van der Waals surface area (Å²) in [7, 11) is 0. The lowest BCUT2D eigenvalue weighted by atomic mass is 10.2. The molecular formula is C21H23BrN6O3. The van der Waals surface area contributed by atoms with E-state index in [4.69, 9.17) is 4.42 Å². The third-order valence-corrected chi connectivity index (χ3v) is 5.74. The number of imidazole rings is 1. The number of aromatic nitrogens is 6. The fourth-order valence-corrected chi connectivity index (χ4v) is 3.95. The minimum atomic E-state index is -0.430. The summed E-state index contributed by atoms with van der Waals surface area (Å²) in [5.41, 5.74) is 0.753. The van der Waals surface area contributed by atoms with Gasteiger partial charge in [0.15, 0.2) is 11.2 Å². The van der Waals surface area contributed by atoms with Gasteiger partial charge in [0.1, 0.15) is 6.54 Å². The Morgan fingerprint density at radius 3 is 2.58 bits per heavy atom. The molecule has 31 heavy (non-hydrogen) atoms. The second-order valence-corrected chi connectivity index (χ2v) is 8.12. The average molecular weight is 487 g/mol. The Morgan fingerprint density at radius 1 is 1.03 bits per heavy atom. The van der Waals surface area contributed by atoms with Gasteiger partial charge in [-0.25, -0.2) is 14.3 Å². The molecule has 0 atom stereocenters. The summed E-state index contributed by atoms with van der Waals surface area (Å²) < 4.78 is 11.1. The minimum Gasteiger partial charge on any atom is -0.419 e. The summed E-state index contributed by atoms with van der Waals surface area (Å²) in [5.74, 6) is 0.505. The van der Waals surface area contributed by atoms with E-state index in [2.05, 4.69) is 38.0 Å². The van der Waals surface area contributed by atoms with Crippen molar-refractivity contribution in [2.75, 3.05) is 0 Å². The summed E-state index contributed by atoms with van der Waals surface area (Å²) in [5, 5.41) is 8.14. The molecule has 3 aromatic heterocycles. The first-order valence-electron chi connectivity index (χ1n) is 10.3. The van der Waals surface area contributed by atoms with E-state index < -0.39 is 11.2 Å². The van der Waals surface area contributed by atoms with Gasteiger partial charge in [-0.3, -0.25) is 9.36 Å². The van der Waals surface area contributed by atoms with E-state index in [1.165, 1.54) is 0 Å². The number of rotatable bonds is 8. The van der Waals surface area contributed by atoms with Crippen molar-refractivity contribution >= 4 is 27.1 Å². The van der Waals surface area contributed by atoms with E-state index in [1.807, 2.05) is 35.8 Å². The SMILES string of the molecule is CCCCn1cnc2c1c(=O)n(Cc1nnc(-c3ccccc3Br)o1)c(=O)n2CCC. The molecule has 4 rings (SSSR count). The highest BCUT2D eigenvalue weighted by Gasteiger charge is 2.20. The number of halogens is 1. The molecule has 4 aromatic rings. The molecule has 0 spiro atoms. The Hall–Kier alpha value is -3.01. The Balaban J connectivity index is 1.80. The van der Waals surface area contributed by atoms with E-state index in [0.717, 1.165) is 33.9 Å². The van der Waals surface area contributed by atoms with Crippen LogP contribution < -0.4 is 11.2 Å². The normalized spacial score (nSPS) is 11.5. The maximum absolute atomic E-state index is 13.3. The number of aryl methyl sites for hydroxylation is 2. The van der Waals surface area contributed by atoms with Crippen molar-refractivity contribution in [3.63, 3.8) is 0 Å². The zero-order chi connectivity index (χ0) is 22.0. The third kappa shape index (κ3) is 3.99. The maximum Gasteiger partial charge on any atom is 0.333 e. The average Bonchev–Trinajstić information content (AvgIpc) is 3.40. The van der Waals surface area contributed by atoms with E-state index >= 15 is 0 Å². The van der Waals surface area contributed by atoms with Gasteiger partial charge in [-0.2, -0.15) is 0 Å². The molecule has 0 aliphatic heterocycles. The van der Waals surface area contributed by atoms with Gasteiger partial charge < -0.3 is 8.98 Å². The monoisotopic (exact) mass is 486 g/mol. The van der Waals surface area contributed by atoms with Crippen LogP contribution in [0.25, 0.3) is 22.6 Å². The first-order valence-corrected chi connectivity index (χ1v) is 11.1. The van der Waals surface area contributed by atoms with Gasteiger partial charge in [0.25, 0.3) is 5.56 Å². The lowest BCUT2D eigenvalue weighted by Crippen LogP contribution is -2.41. The molecule has 1 aromatic carbocycles. The molecular weight excluding hydrogens is 464 g/mol. The molecule has 0 unspecified atom stereocenters. The van der Waals surface area contributed by atoms with E-state index in [1.54, 1.807) is 10.9 Å². The van der Waals surface area contributed by atoms with E-state index in [9.17, 15) is 9.59 Å². The molecule has 3 heterocycles. The van der Waals surface area contributed by atoms with Crippen LogP contribution in [0.1, 0.15) is 39.0 Å². The van der Waals surface area contributed by atoms with Gasteiger partial charge in [-0.15, -0.1) is 10.2 Å². The number of nitrogens with zero attached hydrogens (tertiary/aromatic N) is 6. The fraction of sp³-hybridized carbons (Fsp3) is 0.381. The lowest BCUT2D eigenvalue weighted by molar-refractivity contribution is 0.469. The van der Waals surface area contributed by atoms with Gasteiger partial charge in [-0.05, 0) is 40.9 Å². The van der Waals surface area contributed by atoms with Crippen LogP contribution in [0, 0.1) is 0 Å². The Morgan fingerprint density at radius 2 is 1.84 bits per heavy atom. The summed E-state index contributed by atoms with van der Waals surface area (Å²) in [6.45, 7) is 5.09. The molecule has 162 valence electrons. The van der Waals surface area contributed by atoms with Gasteiger partial charge in [0.2, 0.25) is 11.8 Å². The van der Waals surface area contributed by atoms with Gasteiger partial charge in [-0.1, -0.05) is 32.4 Å². The summed E-state index contributed by atoms with van der Waals surface area (Å²) in [4.78, 5) is 30.8. The van der Waals surface area contributed by atoms with Crippen molar-refractivity contribution in [1.82, 2.24) is 28.9 Å². The second-order valence-electron chi connectivity index (χ2n) is 7.27. The molecule has 10 heteroatoms. The zero-order valence-corrected chi connectivity index (χ0v) is 19.0. The van der Waals surface area contributed by atoms with Crippen LogP contribution in [-0.4, -0.2) is 28.9 Å². The van der Waals surface area contributed by atoms with Crippen molar-refractivity contribution in [3.8, 4) is 11.5 Å². The predicted octanol–water partition coefficient (Wildman–Crippen LogP) is 3.43. The molecule has 0 bridgehead atoms. The summed E-state index contributed by atoms with van der Waals surface area (Å²) in [6.07, 6.45) is 4.27. The van der Waals surface area contributed by atoms with Crippen molar-refractivity contribution < 1.29 is 4.42 Å². The van der Waals surface area contributed by atoms with Crippen molar-refractivity contribution in [1.29, 1.82) is 0 Å². The van der Waals surface area contributed by atoms with Crippen LogP contribution in [0.2, 0.25) is 0 Å². The number of benzene rings is 1. The van der Waals surface area contributed by atoms with Crippen molar-refractivity contribution in [2.24, 2.45) is 0 Å². The summed E-state index contributed by atoms with van der Waals surface area (Å²) in [6, 6.07) is 7.47. The van der Waals surface area contributed by atoms with Crippen LogP contribution in [0.3, 0.4) is 0 Å². The molecule has 0 aliphatic rings. The standard InChI is InChI=1S/C21H23BrN6O3/c1-3-5-11-26-13-23-18-17(26)20(29)28(21(30)27(18)10-4-2)12-16-24-25-19(31-16)14-8-6-7-9-15(14)22/h6-9,13H,3-5,10-12H2,1-2H3. The van der Waals surface area contributed by atoms with Crippen LogP contribution in [0.5, 0.6) is 0 Å². The smallest absolute Gasteiger partial charge is 0.333 e. The van der Waals surface area contributed by atoms with Crippen LogP contribution in [0.4, 0.5) is 0 Å². The molecule has 0 amide bonds. The van der Waals surface area contributed by atoms with Crippen LogP contribution >= 0.6 is 15.9 Å². The fourth-order valence-electron chi connectivity index (χ4n) is 3.50. The highest BCUT2D eigenvalue weighted by molar-refractivity contribution is 9.10. The molecule has 0 saturated carbocycles. The topological polar surface area (TPSA) is 101 Å². The molecule has 0 radical (unpaired) electrons. The van der Waals surface area contributed by atoms with Crippen LogP contribution in [-0.2, 0) is 19.6 Å². The molecule has 0 N–H and O–H groups in total. The van der Waals surface area contributed by atoms with Crippen molar-refractivity contribution in [3.05, 3.63) is 61.8 Å². The highest BCUT2D eigenvalue weighted by Crippen LogP contribution is 2.26. The molecule has 0 aliphatic carbocycles. The number of hydrogen-bond donors (Lipinski definition) is 0. The first kappa shape index (κ1) is 21.2. The summed E-state index contributed by atoms with van der Waals surface area (Å²) >= 11 is 3.46. The molecule has 9 nitrogen and oxygen atoms in total. The van der Waals surface area contributed by atoms with Crippen LogP contribution in [0.15, 0.2) is 49.1 Å². The number of hydrogen-bond acceptors (Lipinski definition) is 6. The first-order chi connectivity index (χ1) is 15.0. The van der Waals surface area contributed by atoms with Gasteiger partial charge in [0.05, 0.1) is 11.9 Å². The van der Waals surface area contributed by atoms with Gasteiger partial charge >= 0.3 is 5.69 Å². The van der Waals surface area contributed by atoms with Crippen molar-refractivity contribution in [2.45, 2.75) is 52.7 Å².